The van der Waals surface area contributed by atoms with Crippen molar-refractivity contribution in [2.75, 3.05) is 11.9 Å². The SMILES string of the molecule is OCCC/C(CCBr)=C1\C=CC=C[CH+]1. The third-order valence-electron chi connectivity index (χ3n) is 2.21. The zero-order valence-corrected chi connectivity index (χ0v) is 9.83. The van der Waals surface area contributed by atoms with Crippen molar-refractivity contribution in [1.29, 1.82) is 0 Å². The summed E-state index contributed by atoms with van der Waals surface area (Å²) in [5, 5.41) is 9.79. The Kier molecular flexibility index (Phi) is 5.72. The van der Waals surface area contributed by atoms with Gasteiger partial charge < -0.3 is 5.11 Å². The highest BCUT2D eigenvalue weighted by Crippen LogP contribution is 2.21. The maximum Gasteiger partial charge on any atom is 0.0948 e. The molecule has 0 saturated carbocycles. The van der Waals surface area contributed by atoms with Crippen LogP contribution < -0.4 is 0 Å². The van der Waals surface area contributed by atoms with E-state index < -0.39 is 0 Å². The lowest BCUT2D eigenvalue weighted by atomic mass is 9.96. The van der Waals surface area contributed by atoms with Crippen LogP contribution in [0.25, 0.3) is 0 Å². The van der Waals surface area contributed by atoms with Crippen LogP contribution in [0.5, 0.6) is 0 Å². The molecule has 0 saturated heterocycles. The van der Waals surface area contributed by atoms with Crippen LogP contribution in [0, 0.1) is 6.42 Å². The van der Waals surface area contributed by atoms with Crippen LogP contribution in [0.2, 0.25) is 0 Å². The molecular formula is C12H16BrO+. The van der Waals surface area contributed by atoms with E-state index in [1.54, 1.807) is 0 Å². The van der Waals surface area contributed by atoms with Crippen LogP contribution in [-0.4, -0.2) is 17.0 Å². The number of aliphatic hydroxyl groups is 1. The Morgan fingerprint density at radius 1 is 1.36 bits per heavy atom. The summed E-state index contributed by atoms with van der Waals surface area (Å²) in [7, 11) is 0. The molecule has 14 heavy (non-hydrogen) atoms. The molecule has 76 valence electrons. The van der Waals surface area contributed by atoms with Gasteiger partial charge in [0.15, 0.2) is 0 Å². The minimum absolute atomic E-state index is 0.276. The van der Waals surface area contributed by atoms with Gasteiger partial charge in [0.1, 0.15) is 0 Å². The highest BCUT2D eigenvalue weighted by atomic mass is 79.9. The molecule has 0 spiro atoms. The predicted molar refractivity (Wildman–Crippen MR) is 64.3 cm³/mol. The average molecular weight is 256 g/mol. The van der Waals surface area contributed by atoms with E-state index in [-0.39, 0.29) is 6.61 Å². The van der Waals surface area contributed by atoms with E-state index in [0.29, 0.717) is 0 Å². The first-order chi connectivity index (χ1) is 6.88. The zero-order valence-electron chi connectivity index (χ0n) is 8.25. The first-order valence-corrected chi connectivity index (χ1v) is 6.07. The molecular weight excluding hydrogens is 240 g/mol. The Bertz CT molecular complexity index is 251. The maximum atomic E-state index is 8.81. The minimum Gasteiger partial charge on any atom is -0.396 e. The number of hydrogen-bond acceptors (Lipinski definition) is 1. The van der Waals surface area contributed by atoms with Gasteiger partial charge in [-0.1, -0.05) is 15.9 Å². The summed E-state index contributed by atoms with van der Waals surface area (Å²) >= 11 is 3.46. The van der Waals surface area contributed by atoms with Gasteiger partial charge in [-0.3, -0.25) is 0 Å². The lowest BCUT2D eigenvalue weighted by Gasteiger charge is -2.05. The Balaban J connectivity index is 2.63. The van der Waals surface area contributed by atoms with Gasteiger partial charge in [-0.2, -0.15) is 0 Å². The summed E-state index contributed by atoms with van der Waals surface area (Å²) < 4.78 is 0. The fraction of sp³-hybridized carbons (Fsp3) is 0.417. The molecule has 1 rings (SSSR count). The third kappa shape index (κ3) is 3.72. The summed E-state index contributed by atoms with van der Waals surface area (Å²) in [6.45, 7) is 0.276. The van der Waals surface area contributed by atoms with Crippen molar-refractivity contribution in [3.05, 3.63) is 41.9 Å². The van der Waals surface area contributed by atoms with Crippen LogP contribution >= 0.6 is 15.9 Å². The molecule has 0 aromatic heterocycles. The van der Waals surface area contributed by atoms with Gasteiger partial charge in [0, 0.05) is 61.1 Å². The second-order valence-electron chi connectivity index (χ2n) is 3.24. The Labute approximate surface area is 94.3 Å². The van der Waals surface area contributed by atoms with Crippen LogP contribution in [0.3, 0.4) is 0 Å². The van der Waals surface area contributed by atoms with Gasteiger partial charge in [-0.15, -0.1) is 0 Å². The van der Waals surface area contributed by atoms with Gasteiger partial charge in [-0.25, -0.2) is 0 Å². The molecule has 0 aromatic carbocycles. The second kappa shape index (κ2) is 6.91. The van der Waals surface area contributed by atoms with Crippen LogP contribution in [0.4, 0.5) is 0 Å². The van der Waals surface area contributed by atoms with Gasteiger partial charge >= 0.3 is 0 Å². The van der Waals surface area contributed by atoms with E-state index in [0.717, 1.165) is 24.6 Å². The molecule has 0 aliphatic heterocycles. The molecule has 1 N–H and O–H groups in total. The summed E-state index contributed by atoms with van der Waals surface area (Å²) in [5.74, 6) is 0. The third-order valence-corrected chi connectivity index (χ3v) is 2.61. The fourth-order valence-electron chi connectivity index (χ4n) is 1.49. The lowest BCUT2D eigenvalue weighted by Crippen LogP contribution is -1.95. The molecule has 1 nitrogen and oxygen atoms in total. The lowest BCUT2D eigenvalue weighted by molar-refractivity contribution is 0.288. The molecule has 1 aliphatic rings. The van der Waals surface area contributed by atoms with Gasteiger partial charge in [0.25, 0.3) is 0 Å². The molecule has 0 heterocycles. The predicted octanol–water partition coefficient (Wildman–Crippen LogP) is 3.17. The molecule has 1 aliphatic carbocycles. The van der Waals surface area contributed by atoms with Crippen molar-refractivity contribution in [3.8, 4) is 0 Å². The first-order valence-electron chi connectivity index (χ1n) is 4.95. The zero-order chi connectivity index (χ0) is 10.2. The molecule has 0 unspecified atom stereocenters. The summed E-state index contributed by atoms with van der Waals surface area (Å²) in [6.07, 6.45) is 13.3. The smallest absolute Gasteiger partial charge is 0.0948 e. The van der Waals surface area contributed by atoms with Crippen LogP contribution in [-0.2, 0) is 0 Å². The van der Waals surface area contributed by atoms with Crippen LogP contribution in [0.15, 0.2) is 35.5 Å². The Hall–Kier alpha value is -0.470. The number of alkyl halides is 1. The normalized spacial score (nSPS) is 18.1. The van der Waals surface area contributed by atoms with Crippen molar-refractivity contribution in [1.82, 2.24) is 0 Å². The molecule has 0 amide bonds. The molecule has 2 heteroatoms. The monoisotopic (exact) mass is 255 g/mol. The van der Waals surface area contributed by atoms with E-state index in [1.807, 2.05) is 6.08 Å². The minimum atomic E-state index is 0.276. The molecule has 0 bridgehead atoms. The largest absolute Gasteiger partial charge is 0.396 e. The van der Waals surface area contributed by atoms with E-state index in [2.05, 4.69) is 40.6 Å². The highest BCUT2D eigenvalue weighted by molar-refractivity contribution is 9.09. The Morgan fingerprint density at radius 2 is 2.21 bits per heavy atom. The topological polar surface area (TPSA) is 20.2 Å². The summed E-state index contributed by atoms with van der Waals surface area (Å²) in [5.41, 5.74) is 2.73. The number of rotatable bonds is 5. The van der Waals surface area contributed by atoms with Crippen molar-refractivity contribution < 1.29 is 5.11 Å². The highest BCUT2D eigenvalue weighted by Gasteiger charge is 2.11. The molecule has 0 radical (unpaired) electrons. The van der Waals surface area contributed by atoms with Crippen molar-refractivity contribution >= 4 is 15.9 Å². The van der Waals surface area contributed by atoms with E-state index in [9.17, 15) is 0 Å². The maximum absolute atomic E-state index is 8.81. The van der Waals surface area contributed by atoms with Crippen molar-refractivity contribution in [3.63, 3.8) is 0 Å². The summed E-state index contributed by atoms with van der Waals surface area (Å²) in [4.78, 5) is 0. The quantitative estimate of drug-likeness (QED) is 0.591. The molecule has 0 fully saturated rings. The van der Waals surface area contributed by atoms with Gasteiger partial charge in [0.2, 0.25) is 0 Å². The number of halogens is 1. The van der Waals surface area contributed by atoms with Crippen molar-refractivity contribution in [2.45, 2.75) is 19.3 Å². The summed E-state index contributed by atoms with van der Waals surface area (Å²) in [6, 6.07) is 0. The fourth-order valence-corrected chi connectivity index (χ4v) is 1.97. The Morgan fingerprint density at radius 3 is 2.79 bits per heavy atom. The van der Waals surface area contributed by atoms with E-state index >= 15 is 0 Å². The number of allylic oxidation sites excluding steroid dienone is 6. The number of hydrogen-bond donors (Lipinski definition) is 1. The average Bonchev–Trinajstić information content (AvgIpc) is 2.25. The standard InChI is InChI=1S/C12H16BrO/c13-9-8-12(7-4-10-14)11-5-2-1-3-6-11/h1-3,5-6,14H,4,7-10H2/q+1. The molecule has 0 aromatic rings. The van der Waals surface area contributed by atoms with E-state index in [4.69, 9.17) is 5.11 Å². The van der Waals surface area contributed by atoms with E-state index in [1.165, 1.54) is 11.1 Å². The molecule has 0 atom stereocenters. The van der Waals surface area contributed by atoms with Gasteiger partial charge in [0.05, 0.1) is 5.57 Å². The van der Waals surface area contributed by atoms with Crippen LogP contribution in [0.1, 0.15) is 19.3 Å². The first kappa shape index (κ1) is 11.6. The van der Waals surface area contributed by atoms with Crippen molar-refractivity contribution in [2.24, 2.45) is 0 Å². The van der Waals surface area contributed by atoms with Gasteiger partial charge in [-0.05, 0) is 6.42 Å². The number of aliphatic hydroxyl groups excluding tert-OH is 1. The second-order valence-corrected chi connectivity index (χ2v) is 4.03.